The van der Waals surface area contributed by atoms with Crippen LogP contribution in [0.4, 0.5) is 0 Å². The van der Waals surface area contributed by atoms with Crippen molar-refractivity contribution >= 4 is 46.7 Å². The SMILES string of the molecule is CCC1(CC)c2cc(C(=N/OC(=O)C3CCCCC3)/C(C)=N/OC(=O)C3CCCCC3)ccc2-c2ccc(C(=N/OC(=O)C3CCCCC3)/C(C)=N/OC(=O)C3CCCCC3)cc21. The van der Waals surface area contributed by atoms with Crippen molar-refractivity contribution in [3.63, 3.8) is 0 Å². The maximum Gasteiger partial charge on any atom is 0.338 e. The number of hydrogen-bond donors (Lipinski definition) is 0. The second kappa shape index (κ2) is 21.6. The molecule has 0 N–H and O–H groups in total. The van der Waals surface area contributed by atoms with Crippen LogP contribution in [0.15, 0.2) is 57.0 Å². The van der Waals surface area contributed by atoms with E-state index in [0.29, 0.717) is 34.0 Å². The summed E-state index contributed by atoms with van der Waals surface area (Å²) in [4.78, 5) is 75.1. The Bertz CT molecular complexity index is 1960. The van der Waals surface area contributed by atoms with E-state index in [1.807, 2.05) is 12.1 Å². The molecule has 12 heteroatoms. The van der Waals surface area contributed by atoms with Gasteiger partial charge < -0.3 is 19.4 Å². The second-order valence-electron chi connectivity index (χ2n) is 18.5. The van der Waals surface area contributed by atoms with Crippen molar-refractivity contribution in [1.82, 2.24) is 0 Å². The minimum Gasteiger partial charge on any atom is -0.318 e. The molecule has 0 aliphatic heterocycles. The van der Waals surface area contributed by atoms with Crippen molar-refractivity contribution in [1.29, 1.82) is 0 Å². The molecule has 63 heavy (non-hydrogen) atoms. The lowest BCUT2D eigenvalue weighted by molar-refractivity contribution is -0.150. The number of carbonyl (C=O) groups is 4. The zero-order valence-corrected chi connectivity index (χ0v) is 37.9. The highest BCUT2D eigenvalue weighted by Crippen LogP contribution is 2.53. The Morgan fingerprint density at radius 1 is 0.460 bits per heavy atom. The molecular weight excluding hydrogens is 797 g/mol. The average Bonchev–Trinajstić information content (AvgIpc) is 3.61. The molecule has 0 heterocycles. The van der Waals surface area contributed by atoms with E-state index in [-0.39, 0.29) is 47.5 Å². The van der Waals surface area contributed by atoms with Gasteiger partial charge in [-0.25, -0.2) is 19.2 Å². The molecule has 7 rings (SSSR count). The second-order valence-corrected chi connectivity index (χ2v) is 18.5. The van der Waals surface area contributed by atoms with Gasteiger partial charge in [0.15, 0.2) is 0 Å². The Morgan fingerprint density at radius 2 is 0.746 bits per heavy atom. The third-order valence-electron chi connectivity index (χ3n) is 14.6. The van der Waals surface area contributed by atoms with Gasteiger partial charge in [-0.05, 0) is 112 Å². The third kappa shape index (κ3) is 10.7. The van der Waals surface area contributed by atoms with Crippen LogP contribution in [-0.2, 0) is 43.9 Å². The quantitative estimate of drug-likeness (QED) is 0.103. The van der Waals surface area contributed by atoms with E-state index in [1.165, 1.54) is 0 Å². The minimum absolute atomic E-state index is 0.181. The van der Waals surface area contributed by atoms with Crippen molar-refractivity contribution in [3.05, 3.63) is 58.7 Å². The molecule has 0 spiro atoms. The van der Waals surface area contributed by atoms with Crippen LogP contribution in [0.1, 0.15) is 191 Å². The van der Waals surface area contributed by atoms with Gasteiger partial charge in [-0.3, -0.25) is 0 Å². The van der Waals surface area contributed by atoms with Crippen LogP contribution in [0.3, 0.4) is 0 Å². The van der Waals surface area contributed by atoms with Crippen LogP contribution in [0.5, 0.6) is 0 Å². The summed E-state index contributed by atoms with van der Waals surface area (Å²) in [5.74, 6) is -2.19. The minimum atomic E-state index is -0.457. The molecule has 0 unspecified atom stereocenters. The summed E-state index contributed by atoms with van der Waals surface area (Å²) in [7, 11) is 0. The zero-order chi connectivity index (χ0) is 44.3. The molecule has 0 aromatic heterocycles. The van der Waals surface area contributed by atoms with Crippen LogP contribution in [0, 0.1) is 23.7 Å². The fraction of sp³-hybridized carbons (Fsp3) is 0.608. The van der Waals surface area contributed by atoms with Gasteiger partial charge in [-0.2, -0.15) is 0 Å². The Balaban J connectivity index is 1.22. The molecule has 2 aromatic carbocycles. The Labute approximate surface area is 372 Å². The first kappa shape index (κ1) is 46.0. The highest BCUT2D eigenvalue weighted by atomic mass is 16.7. The largest absolute Gasteiger partial charge is 0.338 e. The van der Waals surface area contributed by atoms with Gasteiger partial charge in [0, 0.05) is 16.5 Å². The predicted molar refractivity (Wildman–Crippen MR) is 243 cm³/mol. The molecule has 0 saturated heterocycles. The normalized spacial score (nSPS) is 20.7. The van der Waals surface area contributed by atoms with Crippen molar-refractivity contribution in [2.75, 3.05) is 0 Å². The summed E-state index contributed by atoms with van der Waals surface area (Å²) in [5.41, 5.74) is 6.45. The summed E-state index contributed by atoms with van der Waals surface area (Å²) in [5, 5.41) is 17.5. The van der Waals surface area contributed by atoms with Crippen LogP contribution in [-0.4, -0.2) is 46.7 Å². The van der Waals surface area contributed by atoms with Gasteiger partial charge in [0.05, 0.1) is 23.7 Å². The molecule has 0 radical (unpaired) electrons. The fourth-order valence-corrected chi connectivity index (χ4v) is 10.6. The number of carbonyl (C=O) groups excluding carboxylic acids is 4. The molecule has 4 saturated carbocycles. The maximum atomic E-state index is 13.3. The Kier molecular flexibility index (Phi) is 15.8. The van der Waals surface area contributed by atoms with Gasteiger partial charge in [0.2, 0.25) is 0 Å². The van der Waals surface area contributed by atoms with Gasteiger partial charge >= 0.3 is 23.9 Å². The van der Waals surface area contributed by atoms with Gasteiger partial charge in [-0.1, -0.05) is 136 Å². The topological polar surface area (TPSA) is 155 Å². The number of hydrogen-bond acceptors (Lipinski definition) is 12. The highest BCUT2D eigenvalue weighted by molar-refractivity contribution is 6.48. The van der Waals surface area contributed by atoms with E-state index in [2.05, 4.69) is 58.7 Å². The first-order valence-electron chi connectivity index (χ1n) is 24.0. The van der Waals surface area contributed by atoms with E-state index in [4.69, 9.17) is 19.4 Å². The highest BCUT2D eigenvalue weighted by Gasteiger charge is 2.41. The zero-order valence-electron chi connectivity index (χ0n) is 37.9. The van der Waals surface area contributed by atoms with Crippen LogP contribution in [0.25, 0.3) is 11.1 Å². The first-order chi connectivity index (χ1) is 30.6. The lowest BCUT2D eigenvalue weighted by Crippen LogP contribution is -2.25. The lowest BCUT2D eigenvalue weighted by Gasteiger charge is -2.30. The Hall–Kier alpha value is -5.00. The van der Waals surface area contributed by atoms with Crippen LogP contribution >= 0.6 is 0 Å². The first-order valence-corrected chi connectivity index (χ1v) is 24.0. The Morgan fingerprint density at radius 3 is 1.03 bits per heavy atom. The fourth-order valence-electron chi connectivity index (χ4n) is 10.6. The molecule has 5 aliphatic carbocycles. The van der Waals surface area contributed by atoms with E-state index >= 15 is 0 Å². The molecule has 12 nitrogen and oxygen atoms in total. The van der Waals surface area contributed by atoms with Crippen molar-refractivity contribution in [3.8, 4) is 11.1 Å². The van der Waals surface area contributed by atoms with E-state index in [1.54, 1.807) is 13.8 Å². The molecule has 2 aromatic rings. The summed E-state index contributed by atoms with van der Waals surface area (Å²) >= 11 is 0. The third-order valence-corrected chi connectivity index (χ3v) is 14.6. The number of nitrogens with zero attached hydrogens (tertiary/aromatic N) is 4. The molecule has 338 valence electrons. The van der Waals surface area contributed by atoms with Gasteiger partial charge in [-0.15, -0.1) is 0 Å². The standard InChI is InChI=1S/C51H66N4O8/c1-5-51(6-2)43-31-39(45(54-62-49(58)37-23-15-9-16-24-37)33(3)52-60-47(56)35-19-11-7-12-20-35)27-29-41(43)42-30-28-40(32-44(42)51)46(55-63-50(59)38-25-17-10-18-26-38)34(4)53-61-48(57)36-21-13-8-14-22-36/h27-32,35-38H,5-26H2,1-4H3/b52-33+,53-34+,54-45+,55-46+. The number of oxime groups is 4. The van der Waals surface area contributed by atoms with Gasteiger partial charge in [0.25, 0.3) is 0 Å². The maximum absolute atomic E-state index is 13.3. The van der Waals surface area contributed by atoms with Crippen LogP contribution in [0.2, 0.25) is 0 Å². The summed E-state index contributed by atoms with van der Waals surface area (Å²) in [6.45, 7) is 7.78. The van der Waals surface area contributed by atoms with Gasteiger partial charge in [0.1, 0.15) is 22.8 Å². The lowest BCUT2D eigenvalue weighted by atomic mass is 9.73. The van der Waals surface area contributed by atoms with Crippen molar-refractivity contribution in [2.45, 2.75) is 174 Å². The summed E-state index contributed by atoms with van der Waals surface area (Å²) in [6.07, 6.45) is 20.1. The van der Waals surface area contributed by atoms with E-state index in [0.717, 1.165) is 164 Å². The van der Waals surface area contributed by atoms with E-state index < -0.39 is 5.41 Å². The van der Waals surface area contributed by atoms with Crippen LogP contribution < -0.4 is 0 Å². The average molecular weight is 863 g/mol. The molecular formula is C51H66N4O8. The number of fused-ring (bicyclic) bond motifs is 3. The molecule has 0 amide bonds. The van der Waals surface area contributed by atoms with E-state index in [9.17, 15) is 19.2 Å². The summed E-state index contributed by atoms with van der Waals surface area (Å²) in [6, 6.07) is 12.2. The molecule has 0 atom stereocenters. The molecule has 4 fully saturated rings. The molecule has 5 aliphatic rings. The molecule has 0 bridgehead atoms. The number of benzene rings is 2. The predicted octanol–water partition coefficient (Wildman–Crippen LogP) is 11.4. The van der Waals surface area contributed by atoms with Crippen molar-refractivity contribution < 1.29 is 38.5 Å². The monoisotopic (exact) mass is 862 g/mol. The van der Waals surface area contributed by atoms with Crippen molar-refractivity contribution in [2.24, 2.45) is 44.3 Å². The smallest absolute Gasteiger partial charge is 0.318 e. The summed E-state index contributed by atoms with van der Waals surface area (Å²) < 4.78 is 0. The number of rotatable bonds is 14.